The number of rotatable bonds is 6. The van der Waals surface area contributed by atoms with Gasteiger partial charge in [0, 0.05) is 38.7 Å². The minimum atomic E-state index is -0.118. The summed E-state index contributed by atoms with van der Waals surface area (Å²) < 4.78 is 0. The summed E-state index contributed by atoms with van der Waals surface area (Å²) in [5.41, 5.74) is 1.25. The van der Waals surface area contributed by atoms with Crippen molar-refractivity contribution in [2.75, 3.05) is 24.5 Å². The van der Waals surface area contributed by atoms with E-state index in [2.05, 4.69) is 0 Å². The molecule has 0 N–H and O–H groups in total. The molecule has 0 unspecified atom stereocenters. The highest BCUT2D eigenvalue weighted by Crippen LogP contribution is 2.16. The lowest BCUT2D eigenvalue weighted by atomic mass is 10.2. The third-order valence-electron chi connectivity index (χ3n) is 3.35. The van der Waals surface area contributed by atoms with Gasteiger partial charge in [-0.25, -0.2) is 0 Å². The predicted molar refractivity (Wildman–Crippen MR) is 81.7 cm³/mol. The Morgan fingerprint density at radius 2 is 1.71 bits per heavy atom. The first-order valence-electron chi connectivity index (χ1n) is 7.09. The molecule has 0 fully saturated rings. The average molecular weight is 287 g/mol. The minimum Gasteiger partial charge on any atom is -0.343 e. The molecule has 0 aliphatic carbocycles. The van der Waals surface area contributed by atoms with E-state index < -0.39 is 0 Å². The van der Waals surface area contributed by atoms with Crippen molar-refractivity contribution in [3.63, 3.8) is 0 Å². The average Bonchev–Trinajstić information content (AvgIpc) is 2.49. The molecule has 0 aliphatic rings. The van der Waals surface area contributed by atoms with Gasteiger partial charge in [-0.1, -0.05) is 0 Å². The van der Waals surface area contributed by atoms with Crippen LogP contribution in [0.25, 0.3) is 0 Å². The molecular weight excluding hydrogens is 266 g/mol. The summed E-state index contributed by atoms with van der Waals surface area (Å²) >= 11 is 0. The van der Waals surface area contributed by atoms with Gasteiger partial charge in [0.25, 0.3) is 0 Å². The Labute approximate surface area is 125 Å². The Bertz CT molecular complexity index is 527. The van der Waals surface area contributed by atoms with Crippen LogP contribution in [0.1, 0.15) is 32.8 Å². The highest BCUT2D eigenvalue weighted by atomic mass is 16.2. The first-order valence-corrected chi connectivity index (χ1v) is 7.09. The van der Waals surface area contributed by atoms with Gasteiger partial charge in [0.2, 0.25) is 11.8 Å². The number of benzene rings is 1. The van der Waals surface area contributed by atoms with Crippen LogP contribution in [0.15, 0.2) is 24.3 Å². The zero-order chi connectivity index (χ0) is 15.8. The summed E-state index contributed by atoms with van der Waals surface area (Å²) in [5.74, 6) is -0.0769. The summed E-state index contributed by atoms with van der Waals surface area (Å²) in [6.45, 7) is 7.03. The van der Waals surface area contributed by atoms with Gasteiger partial charge >= 0.3 is 0 Å². The van der Waals surface area contributed by atoms with E-state index in [0.717, 1.165) is 0 Å². The van der Waals surface area contributed by atoms with Crippen molar-refractivity contribution in [1.29, 1.82) is 5.26 Å². The molecule has 1 rings (SSSR count). The second-order valence-electron chi connectivity index (χ2n) is 4.65. The van der Waals surface area contributed by atoms with Gasteiger partial charge in [0.1, 0.15) is 0 Å². The molecule has 0 heterocycles. The standard InChI is InChI=1S/C16H21N3O2/c1-4-18(5-2)16(21)10-11-19(13(3)20)15-8-6-14(12-17)7-9-15/h6-9H,4-5,10-11H2,1-3H3. The Balaban J connectivity index is 2.76. The monoisotopic (exact) mass is 287 g/mol. The van der Waals surface area contributed by atoms with E-state index in [0.29, 0.717) is 37.3 Å². The van der Waals surface area contributed by atoms with Crippen LogP contribution in [-0.4, -0.2) is 36.3 Å². The smallest absolute Gasteiger partial charge is 0.224 e. The van der Waals surface area contributed by atoms with Crippen LogP contribution in [0, 0.1) is 11.3 Å². The molecule has 0 aliphatic heterocycles. The van der Waals surface area contributed by atoms with Gasteiger partial charge in [-0.15, -0.1) is 0 Å². The topological polar surface area (TPSA) is 64.4 Å². The maximum atomic E-state index is 12.0. The lowest BCUT2D eigenvalue weighted by Gasteiger charge is -2.24. The van der Waals surface area contributed by atoms with Crippen LogP contribution in [0.2, 0.25) is 0 Å². The van der Waals surface area contributed by atoms with Gasteiger partial charge in [-0.2, -0.15) is 5.26 Å². The molecule has 1 aromatic rings. The summed E-state index contributed by atoms with van der Waals surface area (Å²) in [6, 6.07) is 8.81. The molecular formula is C16H21N3O2. The fourth-order valence-electron chi connectivity index (χ4n) is 2.13. The van der Waals surface area contributed by atoms with Crippen LogP contribution in [0.4, 0.5) is 5.69 Å². The number of carbonyl (C=O) groups excluding carboxylic acids is 2. The Hall–Kier alpha value is -2.35. The summed E-state index contributed by atoms with van der Waals surface area (Å²) in [7, 11) is 0. The third kappa shape index (κ3) is 4.60. The van der Waals surface area contributed by atoms with E-state index in [1.165, 1.54) is 6.92 Å². The van der Waals surface area contributed by atoms with Crippen LogP contribution in [0.3, 0.4) is 0 Å². The maximum Gasteiger partial charge on any atom is 0.224 e. The lowest BCUT2D eigenvalue weighted by molar-refractivity contribution is -0.130. The van der Waals surface area contributed by atoms with E-state index in [1.54, 1.807) is 34.1 Å². The van der Waals surface area contributed by atoms with E-state index >= 15 is 0 Å². The molecule has 0 bridgehead atoms. The second-order valence-corrected chi connectivity index (χ2v) is 4.65. The Morgan fingerprint density at radius 3 is 2.14 bits per heavy atom. The second kappa shape index (κ2) is 8.05. The molecule has 0 radical (unpaired) electrons. The SMILES string of the molecule is CCN(CC)C(=O)CCN(C(C)=O)c1ccc(C#N)cc1. The highest BCUT2D eigenvalue weighted by Gasteiger charge is 2.15. The number of amides is 2. The molecule has 0 aromatic heterocycles. The van der Waals surface area contributed by atoms with Crippen LogP contribution >= 0.6 is 0 Å². The number of anilines is 1. The molecule has 0 saturated heterocycles. The van der Waals surface area contributed by atoms with Gasteiger partial charge in [0.15, 0.2) is 0 Å². The lowest BCUT2D eigenvalue weighted by Crippen LogP contribution is -2.36. The minimum absolute atomic E-state index is 0.0416. The van der Waals surface area contributed by atoms with E-state index in [1.807, 2.05) is 19.9 Å². The van der Waals surface area contributed by atoms with Crippen molar-refractivity contribution in [3.8, 4) is 6.07 Å². The first-order chi connectivity index (χ1) is 10.0. The van der Waals surface area contributed by atoms with Crippen molar-refractivity contribution in [1.82, 2.24) is 4.90 Å². The fraction of sp³-hybridized carbons (Fsp3) is 0.438. The number of nitrogens with zero attached hydrogens (tertiary/aromatic N) is 3. The van der Waals surface area contributed by atoms with Crippen molar-refractivity contribution in [2.45, 2.75) is 27.2 Å². The molecule has 21 heavy (non-hydrogen) atoms. The molecule has 2 amide bonds. The van der Waals surface area contributed by atoms with Crippen LogP contribution in [-0.2, 0) is 9.59 Å². The fourth-order valence-corrected chi connectivity index (χ4v) is 2.13. The molecule has 112 valence electrons. The summed E-state index contributed by atoms with van der Waals surface area (Å²) in [5, 5.41) is 8.79. The number of hydrogen-bond donors (Lipinski definition) is 0. The Kier molecular flexibility index (Phi) is 6.41. The van der Waals surface area contributed by atoms with Crippen molar-refractivity contribution >= 4 is 17.5 Å². The quantitative estimate of drug-likeness (QED) is 0.805. The molecule has 0 atom stereocenters. The normalized spacial score (nSPS) is 9.81. The summed E-state index contributed by atoms with van der Waals surface area (Å²) in [4.78, 5) is 27.1. The highest BCUT2D eigenvalue weighted by molar-refractivity contribution is 5.92. The zero-order valence-corrected chi connectivity index (χ0v) is 12.8. The molecule has 0 saturated carbocycles. The number of nitriles is 1. The molecule has 5 heteroatoms. The van der Waals surface area contributed by atoms with Crippen molar-refractivity contribution in [3.05, 3.63) is 29.8 Å². The van der Waals surface area contributed by atoms with E-state index in [4.69, 9.17) is 5.26 Å². The summed E-state index contributed by atoms with van der Waals surface area (Å²) in [6.07, 6.45) is 0.293. The van der Waals surface area contributed by atoms with E-state index in [-0.39, 0.29) is 11.8 Å². The van der Waals surface area contributed by atoms with E-state index in [9.17, 15) is 9.59 Å². The van der Waals surface area contributed by atoms with Crippen molar-refractivity contribution in [2.24, 2.45) is 0 Å². The largest absolute Gasteiger partial charge is 0.343 e. The third-order valence-corrected chi connectivity index (χ3v) is 3.35. The molecule has 0 spiro atoms. The zero-order valence-electron chi connectivity index (χ0n) is 12.8. The Morgan fingerprint density at radius 1 is 1.14 bits per heavy atom. The van der Waals surface area contributed by atoms with Gasteiger partial charge in [-0.05, 0) is 38.1 Å². The van der Waals surface area contributed by atoms with Crippen LogP contribution in [0.5, 0.6) is 0 Å². The molecule has 1 aromatic carbocycles. The predicted octanol–water partition coefficient (Wildman–Crippen LogP) is 2.17. The molecule has 5 nitrogen and oxygen atoms in total. The van der Waals surface area contributed by atoms with Gasteiger partial charge < -0.3 is 9.80 Å². The van der Waals surface area contributed by atoms with Gasteiger partial charge in [0.05, 0.1) is 11.6 Å². The first kappa shape index (κ1) is 16.7. The van der Waals surface area contributed by atoms with Crippen molar-refractivity contribution < 1.29 is 9.59 Å². The number of carbonyl (C=O) groups is 2. The van der Waals surface area contributed by atoms with Gasteiger partial charge in [-0.3, -0.25) is 9.59 Å². The number of hydrogen-bond acceptors (Lipinski definition) is 3. The maximum absolute atomic E-state index is 12.0. The van der Waals surface area contributed by atoms with Crippen LogP contribution < -0.4 is 4.90 Å².